The van der Waals surface area contributed by atoms with Gasteiger partial charge in [0.25, 0.3) is 0 Å². The molecule has 6 heteroatoms. The number of fused-ring (bicyclic) bond motifs is 1. The number of amides is 1. The van der Waals surface area contributed by atoms with Crippen molar-refractivity contribution in [3.63, 3.8) is 0 Å². The van der Waals surface area contributed by atoms with Gasteiger partial charge in [0.05, 0.1) is 17.6 Å². The van der Waals surface area contributed by atoms with Crippen LogP contribution in [0.5, 0.6) is 0 Å². The van der Waals surface area contributed by atoms with Gasteiger partial charge in [0.1, 0.15) is 0 Å². The van der Waals surface area contributed by atoms with Crippen molar-refractivity contribution in [1.82, 2.24) is 9.55 Å². The van der Waals surface area contributed by atoms with Crippen molar-refractivity contribution in [2.75, 3.05) is 19.0 Å². The maximum Gasteiger partial charge on any atom is 0.237 e. The highest BCUT2D eigenvalue weighted by Gasteiger charge is 2.20. The summed E-state index contributed by atoms with van der Waals surface area (Å²) in [5.41, 5.74) is 2.92. The summed E-state index contributed by atoms with van der Waals surface area (Å²) >= 11 is 1.47. The van der Waals surface area contributed by atoms with Gasteiger partial charge in [-0.05, 0) is 32.2 Å². The van der Waals surface area contributed by atoms with Crippen LogP contribution in [-0.4, -0.2) is 34.4 Å². The Hall–Kier alpha value is -2.31. The molecule has 142 valence electrons. The van der Waals surface area contributed by atoms with Gasteiger partial charge in [-0.25, -0.2) is 4.98 Å². The Morgan fingerprint density at radius 2 is 1.96 bits per heavy atom. The minimum atomic E-state index is -0.272. The average Bonchev–Trinajstić information content (AvgIpc) is 2.93. The summed E-state index contributed by atoms with van der Waals surface area (Å²) in [6, 6.07) is 14.0. The lowest BCUT2D eigenvalue weighted by molar-refractivity contribution is -0.115. The zero-order valence-electron chi connectivity index (χ0n) is 16.2. The van der Waals surface area contributed by atoms with Gasteiger partial charge < -0.3 is 14.6 Å². The number of ether oxygens (including phenoxy) is 1. The number of nitrogens with one attached hydrogen (secondary N) is 1. The standard InChI is InChI=1S/C21H25N3O2S/c1-14-15(2)24(12-13-26-4)21(22-14)27-16(3)20(25)23-19-11-7-9-17-8-5-6-10-18(17)19/h5-11,16H,12-13H2,1-4H3,(H,23,25). The number of carbonyl (C=O) groups excluding carboxylic acids is 1. The fourth-order valence-electron chi connectivity index (χ4n) is 2.94. The normalized spacial score (nSPS) is 12.3. The second kappa shape index (κ2) is 8.59. The van der Waals surface area contributed by atoms with Crippen LogP contribution in [0.3, 0.4) is 0 Å². The van der Waals surface area contributed by atoms with Crippen molar-refractivity contribution >= 4 is 34.1 Å². The highest BCUT2D eigenvalue weighted by molar-refractivity contribution is 8.00. The summed E-state index contributed by atoms with van der Waals surface area (Å²) in [7, 11) is 1.69. The van der Waals surface area contributed by atoms with E-state index in [4.69, 9.17) is 4.74 Å². The van der Waals surface area contributed by atoms with E-state index in [1.165, 1.54) is 11.8 Å². The SMILES string of the molecule is COCCn1c(SC(C)C(=O)Nc2cccc3ccccc23)nc(C)c1C. The van der Waals surface area contributed by atoms with Crippen LogP contribution in [-0.2, 0) is 16.1 Å². The monoisotopic (exact) mass is 383 g/mol. The number of anilines is 1. The van der Waals surface area contributed by atoms with Crippen LogP contribution in [0.4, 0.5) is 5.69 Å². The van der Waals surface area contributed by atoms with Crippen molar-refractivity contribution in [2.45, 2.75) is 37.7 Å². The summed E-state index contributed by atoms with van der Waals surface area (Å²) in [5, 5.41) is 5.79. The summed E-state index contributed by atoms with van der Waals surface area (Å²) in [6.07, 6.45) is 0. The molecule has 0 radical (unpaired) electrons. The molecule has 0 saturated heterocycles. The molecule has 1 amide bonds. The summed E-state index contributed by atoms with van der Waals surface area (Å²) < 4.78 is 7.32. The molecule has 1 atom stereocenters. The second-order valence-corrected chi connectivity index (χ2v) is 7.79. The average molecular weight is 384 g/mol. The Labute approximate surface area is 164 Å². The Kier molecular flexibility index (Phi) is 6.19. The molecule has 1 aromatic heterocycles. The third kappa shape index (κ3) is 4.34. The fourth-order valence-corrected chi connectivity index (χ4v) is 3.97. The lowest BCUT2D eigenvalue weighted by Crippen LogP contribution is -2.23. The molecule has 1 unspecified atom stereocenters. The molecule has 0 fully saturated rings. The summed E-state index contributed by atoms with van der Waals surface area (Å²) in [5.74, 6) is -0.0343. The molecule has 3 rings (SSSR count). The first-order chi connectivity index (χ1) is 13.0. The maximum atomic E-state index is 12.8. The highest BCUT2D eigenvalue weighted by atomic mass is 32.2. The number of nitrogens with zero attached hydrogens (tertiary/aromatic N) is 2. The summed E-state index contributed by atoms with van der Waals surface area (Å²) in [4.78, 5) is 17.4. The van der Waals surface area contributed by atoms with Crippen LogP contribution in [0, 0.1) is 13.8 Å². The van der Waals surface area contributed by atoms with Crippen molar-refractivity contribution in [2.24, 2.45) is 0 Å². The van der Waals surface area contributed by atoms with Crippen LogP contribution < -0.4 is 5.32 Å². The molecule has 3 aromatic rings. The Bertz CT molecular complexity index is 946. The van der Waals surface area contributed by atoms with Crippen LogP contribution in [0.25, 0.3) is 10.8 Å². The first kappa shape index (κ1) is 19.5. The highest BCUT2D eigenvalue weighted by Crippen LogP contribution is 2.28. The van der Waals surface area contributed by atoms with Crippen LogP contribution in [0.2, 0.25) is 0 Å². The Morgan fingerprint density at radius 1 is 1.22 bits per heavy atom. The van der Waals surface area contributed by atoms with Crippen LogP contribution >= 0.6 is 11.8 Å². The molecular weight excluding hydrogens is 358 g/mol. The third-order valence-corrected chi connectivity index (χ3v) is 5.73. The molecule has 1 N–H and O–H groups in total. The van der Waals surface area contributed by atoms with Crippen LogP contribution in [0.15, 0.2) is 47.6 Å². The van der Waals surface area contributed by atoms with Gasteiger partial charge in [-0.3, -0.25) is 4.79 Å². The van der Waals surface area contributed by atoms with Gasteiger partial charge in [0, 0.05) is 30.4 Å². The lowest BCUT2D eigenvalue weighted by Gasteiger charge is -2.15. The Morgan fingerprint density at radius 3 is 2.74 bits per heavy atom. The smallest absolute Gasteiger partial charge is 0.237 e. The molecule has 27 heavy (non-hydrogen) atoms. The van der Waals surface area contributed by atoms with Gasteiger partial charge >= 0.3 is 0 Å². The Balaban J connectivity index is 1.75. The number of carbonyl (C=O) groups is 1. The molecule has 0 aliphatic rings. The molecule has 5 nitrogen and oxygen atoms in total. The van der Waals surface area contributed by atoms with Crippen molar-refractivity contribution in [3.8, 4) is 0 Å². The largest absolute Gasteiger partial charge is 0.383 e. The van der Waals surface area contributed by atoms with E-state index in [0.29, 0.717) is 6.61 Å². The van der Waals surface area contributed by atoms with E-state index in [1.54, 1.807) is 7.11 Å². The molecule has 0 bridgehead atoms. The van der Waals surface area contributed by atoms with Gasteiger partial charge in [-0.2, -0.15) is 0 Å². The molecule has 0 aliphatic heterocycles. The van der Waals surface area contributed by atoms with Gasteiger partial charge in [0.15, 0.2) is 5.16 Å². The number of aromatic nitrogens is 2. The minimum Gasteiger partial charge on any atom is -0.383 e. The number of benzene rings is 2. The van der Waals surface area contributed by atoms with Crippen molar-refractivity contribution < 1.29 is 9.53 Å². The lowest BCUT2D eigenvalue weighted by atomic mass is 10.1. The van der Waals surface area contributed by atoms with E-state index in [9.17, 15) is 4.79 Å². The molecular formula is C21H25N3O2S. The zero-order chi connectivity index (χ0) is 19.4. The number of hydrogen-bond acceptors (Lipinski definition) is 4. The van der Waals surface area contributed by atoms with Gasteiger partial charge in [-0.15, -0.1) is 0 Å². The number of hydrogen-bond donors (Lipinski definition) is 1. The predicted molar refractivity (Wildman–Crippen MR) is 111 cm³/mol. The van der Waals surface area contributed by atoms with Gasteiger partial charge in [-0.1, -0.05) is 48.2 Å². The van der Waals surface area contributed by atoms with Crippen molar-refractivity contribution in [3.05, 3.63) is 53.9 Å². The van der Waals surface area contributed by atoms with E-state index in [0.717, 1.165) is 39.5 Å². The van der Waals surface area contributed by atoms with E-state index in [2.05, 4.69) is 14.9 Å². The van der Waals surface area contributed by atoms with E-state index >= 15 is 0 Å². The van der Waals surface area contributed by atoms with Crippen LogP contribution in [0.1, 0.15) is 18.3 Å². The molecule has 1 heterocycles. The zero-order valence-corrected chi connectivity index (χ0v) is 17.0. The first-order valence-electron chi connectivity index (χ1n) is 8.99. The first-order valence-corrected chi connectivity index (χ1v) is 9.87. The topological polar surface area (TPSA) is 56.1 Å². The van der Waals surface area contributed by atoms with Gasteiger partial charge in [0.2, 0.25) is 5.91 Å². The molecule has 2 aromatic carbocycles. The fraction of sp³-hybridized carbons (Fsp3) is 0.333. The van der Waals surface area contributed by atoms with Crippen molar-refractivity contribution in [1.29, 1.82) is 0 Å². The molecule has 0 saturated carbocycles. The third-order valence-electron chi connectivity index (χ3n) is 4.64. The number of imidazole rings is 1. The van der Waals surface area contributed by atoms with E-state index in [1.807, 2.05) is 63.2 Å². The summed E-state index contributed by atoms with van der Waals surface area (Å²) in [6.45, 7) is 7.28. The number of thioether (sulfide) groups is 1. The quantitative estimate of drug-likeness (QED) is 0.614. The predicted octanol–water partition coefficient (Wildman–Crippen LogP) is 4.42. The van der Waals surface area contributed by atoms with E-state index in [-0.39, 0.29) is 11.2 Å². The molecule has 0 spiro atoms. The maximum absolute atomic E-state index is 12.8. The number of aryl methyl sites for hydroxylation is 1. The van der Waals surface area contributed by atoms with E-state index < -0.39 is 0 Å². The molecule has 0 aliphatic carbocycles. The second-order valence-electron chi connectivity index (χ2n) is 6.49. The minimum absolute atomic E-state index is 0.0343. The number of rotatable bonds is 7. The number of methoxy groups -OCH3 is 1.